The molecule has 1 aromatic rings. The molecule has 0 atom stereocenters. The molecule has 1 aromatic carbocycles. The average molecular weight is 266 g/mol. The van der Waals surface area contributed by atoms with E-state index in [1.54, 1.807) is 12.4 Å². The molecule has 7 nitrogen and oxygen atoms in total. The Morgan fingerprint density at radius 2 is 2.39 bits per heavy atom. The predicted molar refractivity (Wildman–Crippen MR) is 69.0 cm³/mol. The summed E-state index contributed by atoms with van der Waals surface area (Å²) in [7, 11) is 1.46. The standard InChI is InChI=1S/C10H10N4O3S/c1-17-7-3-4-9(14(15)16)8(5-7)13-10(18-2)12-6-11/h3-5H,1-2H3,(H,12,13). The molecule has 0 aromatic heterocycles. The van der Waals surface area contributed by atoms with Gasteiger partial charge in [0.25, 0.3) is 5.69 Å². The quantitative estimate of drug-likeness (QED) is 0.224. The molecule has 0 fully saturated rings. The van der Waals surface area contributed by atoms with E-state index in [0.29, 0.717) is 5.75 Å². The lowest BCUT2D eigenvalue weighted by Gasteiger charge is -2.03. The van der Waals surface area contributed by atoms with Gasteiger partial charge in [0.2, 0.25) is 0 Å². The number of benzene rings is 1. The fraction of sp³-hybridized carbons (Fsp3) is 0.200. The Kier molecular flexibility index (Phi) is 4.95. The summed E-state index contributed by atoms with van der Waals surface area (Å²) in [6, 6.07) is 4.23. The molecule has 0 aliphatic carbocycles. The summed E-state index contributed by atoms with van der Waals surface area (Å²) in [5, 5.41) is 22.0. The third-order valence-corrected chi connectivity index (χ3v) is 2.54. The van der Waals surface area contributed by atoms with Gasteiger partial charge in [0.05, 0.1) is 12.0 Å². The number of nitrogens with zero attached hydrogens (tertiary/aromatic N) is 3. The van der Waals surface area contributed by atoms with Crippen LogP contribution in [0.2, 0.25) is 0 Å². The zero-order valence-electron chi connectivity index (χ0n) is 9.71. The molecule has 0 saturated carbocycles. The Morgan fingerprint density at radius 3 is 2.89 bits per heavy atom. The van der Waals surface area contributed by atoms with E-state index in [9.17, 15) is 10.1 Å². The van der Waals surface area contributed by atoms with Crippen molar-refractivity contribution in [3.8, 4) is 11.9 Å². The summed E-state index contributed by atoms with van der Waals surface area (Å²) < 4.78 is 4.98. The van der Waals surface area contributed by atoms with Crippen LogP contribution in [-0.2, 0) is 0 Å². The maximum atomic E-state index is 10.9. The van der Waals surface area contributed by atoms with E-state index in [4.69, 9.17) is 10.00 Å². The highest BCUT2D eigenvalue weighted by atomic mass is 32.2. The van der Waals surface area contributed by atoms with E-state index < -0.39 is 4.92 Å². The number of hydrogen-bond donors (Lipinski definition) is 1. The van der Waals surface area contributed by atoms with Crippen LogP contribution in [0.1, 0.15) is 0 Å². The summed E-state index contributed by atoms with van der Waals surface area (Å²) in [4.78, 5) is 14.3. The molecule has 0 radical (unpaired) electrons. The van der Waals surface area contributed by atoms with Gasteiger partial charge in [0.1, 0.15) is 11.4 Å². The molecule has 0 bridgehead atoms. The summed E-state index contributed by atoms with van der Waals surface area (Å²) in [6.45, 7) is 0. The number of nitro groups is 1. The fourth-order valence-electron chi connectivity index (χ4n) is 1.16. The largest absolute Gasteiger partial charge is 0.497 e. The molecule has 94 valence electrons. The summed E-state index contributed by atoms with van der Waals surface area (Å²) in [5.41, 5.74) is -0.0199. The number of rotatable bonds is 3. The number of aliphatic imine (C=N–C) groups is 1. The third kappa shape index (κ3) is 3.36. The average Bonchev–Trinajstić information content (AvgIpc) is 2.37. The van der Waals surface area contributed by atoms with Crippen molar-refractivity contribution in [3.63, 3.8) is 0 Å². The molecular formula is C10H10N4O3S. The minimum atomic E-state index is -0.539. The number of nitro benzene ring substituents is 1. The number of methoxy groups -OCH3 is 1. The Balaban J connectivity index is 3.27. The first-order valence-electron chi connectivity index (χ1n) is 4.72. The van der Waals surface area contributed by atoms with Gasteiger partial charge in [-0.25, -0.2) is 4.99 Å². The molecule has 0 amide bonds. The van der Waals surface area contributed by atoms with E-state index in [1.165, 1.54) is 37.1 Å². The minimum Gasteiger partial charge on any atom is -0.497 e. The highest BCUT2D eigenvalue weighted by Gasteiger charge is 2.14. The summed E-state index contributed by atoms with van der Waals surface area (Å²) >= 11 is 1.18. The zero-order chi connectivity index (χ0) is 13.5. The second-order valence-electron chi connectivity index (χ2n) is 2.97. The lowest BCUT2D eigenvalue weighted by atomic mass is 10.2. The SMILES string of the molecule is COc1ccc([N+](=O)[O-])c(N=C(NC#N)SC)c1. The second-order valence-corrected chi connectivity index (χ2v) is 3.76. The third-order valence-electron chi connectivity index (χ3n) is 1.96. The zero-order valence-corrected chi connectivity index (χ0v) is 10.5. The summed E-state index contributed by atoms with van der Waals surface area (Å²) in [5.74, 6) is 0.455. The molecule has 0 aliphatic heterocycles. The van der Waals surface area contributed by atoms with Crippen molar-refractivity contribution in [2.45, 2.75) is 0 Å². The van der Waals surface area contributed by atoms with Crippen LogP contribution in [0.25, 0.3) is 0 Å². The number of amidine groups is 1. The van der Waals surface area contributed by atoms with Crippen molar-refractivity contribution in [2.75, 3.05) is 13.4 Å². The molecule has 0 heterocycles. The highest BCUT2D eigenvalue weighted by Crippen LogP contribution is 2.31. The van der Waals surface area contributed by atoms with Crippen LogP contribution in [0.3, 0.4) is 0 Å². The number of nitriles is 1. The van der Waals surface area contributed by atoms with Crippen molar-refractivity contribution in [1.29, 1.82) is 5.26 Å². The van der Waals surface area contributed by atoms with Crippen molar-refractivity contribution >= 4 is 28.3 Å². The number of nitrogens with one attached hydrogen (secondary N) is 1. The number of thioether (sulfide) groups is 1. The van der Waals surface area contributed by atoms with Crippen LogP contribution < -0.4 is 10.1 Å². The Hall–Kier alpha value is -2.27. The second kappa shape index (κ2) is 6.46. The first kappa shape index (κ1) is 13.8. The van der Waals surface area contributed by atoms with Gasteiger partial charge in [0.15, 0.2) is 11.4 Å². The maximum absolute atomic E-state index is 10.9. The van der Waals surface area contributed by atoms with Crippen LogP contribution in [0.4, 0.5) is 11.4 Å². The van der Waals surface area contributed by atoms with Crippen molar-refractivity contribution in [1.82, 2.24) is 5.32 Å². The first-order valence-corrected chi connectivity index (χ1v) is 5.95. The van der Waals surface area contributed by atoms with Gasteiger partial charge in [0, 0.05) is 12.1 Å². The van der Waals surface area contributed by atoms with Crippen molar-refractivity contribution in [2.24, 2.45) is 4.99 Å². The van der Waals surface area contributed by atoms with Crippen LogP contribution in [-0.4, -0.2) is 23.5 Å². The molecule has 0 aliphatic rings. The lowest BCUT2D eigenvalue weighted by Crippen LogP contribution is -2.12. The van der Waals surface area contributed by atoms with E-state index >= 15 is 0 Å². The molecule has 1 N–H and O–H groups in total. The topological polar surface area (TPSA) is 101 Å². The smallest absolute Gasteiger partial charge is 0.295 e. The Bertz CT molecular complexity index is 524. The van der Waals surface area contributed by atoms with Crippen molar-refractivity contribution < 1.29 is 9.66 Å². The van der Waals surface area contributed by atoms with E-state index in [2.05, 4.69) is 10.3 Å². The van der Waals surface area contributed by atoms with Crippen molar-refractivity contribution in [3.05, 3.63) is 28.3 Å². The number of ether oxygens (including phenoxy) is 1. The first-order chi connectivity index (χ1) is 8.62. The highest BCUT2D eigenvalue weighted by molar-refractivity contribution is 8.13. The van der Waals surface area contributed by atoms with Crippen LogP contribution in [0.15, 0.2) is 23.2 Å². The number of hydrogen-bond acceptors (Lipinski definition) is 6. The predicted octanol–water partition coefficient (Wildman–Crippen LogP) is 2.02. The molecule has 1 rings (SSSR count). The monoisotopic (exact) mass is 266 g/mol. The lowest BCUT2D eigenvalue weighted by molar-refractivity contribution is -0.384. The van der Waals surface area contributed by atoms with E-state index in [1.807, 2.05) is 0 Å². The van der Waals surface area contributed by atoms with Gasteiger partial charge in [-0.15, -0.1) is 0 Å². The van der Waals surface area contributed by atoms with Crippen LogP contribution in [0.5, 0.6) is 5.75 Å². The Labute approximate surface area is 108 Å². The van der Waals surface area contributed by atoms with Crippen LogP contribution >= 0.6 is 11.8 Å². The van der Waals surface area contributed by atoms with Gasteiger partial charge in [-0.1, -0.05) is 11.8 Å². The normalized spacial score (nSPS) is 10.6. The van der Waals surface area contributed by atoms with E-state index in [-0.39, 0.29) is 16.5 Å². The maximum Gasteiger partial charge on any atom is 0.295 e. The van der Waals surface area contributed by atoms with Gasteiger partial charge in [-0.3, -0.25) is 15.4 Å². The molecule has 0 spiro atoms. The van der Waals surface area contributed by atoms with Gasteiger partial charge >= 0.3 is 0 Å². The van der Waals surface area contributed by atoms with Crippen LogP contribution in [0, 0.1) is 21.6 Å². The molecular weight excluding hydrogens is 256 g/mol. The fourth-order valence-corrected chi connectivity index (χ4v) is 1.49. The molecule has 8 heteroatoms. The Morgan fingerprint density at radius 1 is 1.67 bits per heavy atom. The molecule has 18 heavy (non-hydrogen) atoms. The molecule has 0 saturated heterocycles. The van der Waals surface area contributed by atoms with Gasteiger partial charge < -0.3 is 4.74 Å². The summed E-state index contributed by atoms with van der Waals surface area (Å²) in [6.07, 6.45) is 3.42. The minimum absolute atomic E-state index is 0.131. The van der Waals surface area contributed by atoms with E-state index in [0.717, 1.165) is 0 Å². The van der Waals surface area contributed by atoms with Gasteiger partial charge in [-0.2, -0.15) is 5.26 Å². The van der Waals surface area contributed by atoms with Gasteiger partial charge in [-0.05, 0) is 12.3 Å². The molecule has 0 unspecified atom stereocenters.